The Morgan fingerprint density at radius 3 is 2.18 bits per heavy atom. The van der Waals surface area contributed by atoms with E-state index in [0.717, 1.165) is 0 Å². The molecule has 0 aromatic heterocycles. The lowest BCUT2D eigenvalue weighted by Gasteiger charge is -1.95. The van der Waals surface area contributed by atoms with Gasteiger partial charge in [-0.25, -0.2) is 0 Å². The van der Waals surface area contributed by atoms with Crippen LogP contribution < -0.4 is 0 Å². The van der Waals surface area contributed by atoms with Crippen molar-refractivity contribution >= 4 is 0 Å². The van der Waals surface area contributed by atoms with Crippen molar-refractivity contribution in [3.63, 3.8) is 0 Å². The Hall–Kier alpha value is -0.260. The van der Waals surface area contributed by atoms with E-state index < -0.39 is 0 Å². The molecular weight excluding hydrogens is 132 g/mol. The normalized spacial score (nSPS) is 11.1. The van der Waals surface area contributed by atoms with Crippen molar-refractivity contribution in [2.75, 3.05) is 0 Å². The van der Waals surface area contributed by atoms with Gasteiger partial charge in [-0.2, -0.15) is 0 Å². The monoisotopic (exact) mass is 154 g/mol. The summed E-state index contributed by atoms with van der Waals surface area (Å²) in [7, 11) is 0. The number of rotatable bonds is 7. The molecule has 66 valence electrons. The average Bonchev–Trinajstić information content (AvgIpc) is 2.03. The first-order valence-corrected chi connectivity index (χ1v) is 5.06. The Labute approximate surface area is 71.7 Å². The maximum atomic E-state index is 2.31. The van der Waals surface area contributed by atoms with Crippen molar-refractivity contribution in [1.82, 2.24) is 0 Å². The van der Waals surface area contributed by atoms with E-state index in [4.69, 9.17) is 0 Å². The second-order valence-corrected chi connectivity index (χ2v) is 3.08. The maximum absolute atomic E-state index is 2.31. The summed E-state index contributed by atoms with van der Waals surface area (Å²) in [5, 5.41) is 0. The minimum absolute atomic E-state index is 1.19. The first-order chi connectivity index (χ1) is 5.41. The zero-order valence-electron chi connectivity index (χ0n) is 8.10. The summed E-state index contributed by atoms with van der Waals surface area (Å²) in [6.45, 7) is 4.45. The Balaban J connectivity index is 2.85. The molecule has 0 amide bonds. The Kier molecular flexibility index (Phi) is 9.51. The molecule has 0 rings (SSSR count). The van der Waals surface area contributed by atoms with Gasteiger partial charge in [-0.3, -0.25) is 0 Å². The number of unbranched alkanes of at least 4 members (excludes halogenated alkanes) is 5. The molecule has 0 aliphatic carbocycles. The van der Waals surface area contributed by atoms with Crippen LogP contribution >= 0.6 is 0 Å². The zero-order chi connectivity index (χ0) is 8.36. The third kappa shape index (κ3) is 9.74. The molecule has 0 saturated carbocycles. The quantitative estimate of drug-likeness (QED) is 0.378. The predicted molar refractivity (Wildman–Crippen MR) is 52.8 cm³/mol. The molecule has 0 unspecified atom stereocenters. The van der Waals surface area contributed by atoms with Crippen molar-refractivity contribution < 1.29 is 0 Å². The van der Waals surface area contributed by atoms with Crippen LogP contribution in [0.1, 0.15) is 58.8 Å². The lowest BCUT2D eigenvalue weighted by atomic mass is 10.1. The molecule has 0 fully saturated rings. The van der Waals surface area contributed by atoms with Crippen LogP contribution in [-0.4, -0.2) is 0 Å². The van der Waals surface area contributed by atoms with E-state index >= 15 is 0 Å². The van der Waals surface area contributed by atoms with Crippen LogP contribution in [0.4, 0.5) is 0 Å². The standard InChI is InChI=1S/C11H22/c1-3-5-7-9-11-10-8-6-4-2/h5,7H,3-4,6,8-11H2,1-2H3/b7-5-. The summed E-state index contributed by atoms with van der Waals surface area (Å²) >= 11 is 0. The molecule has 0 heteroatoms. The number of hydrogen-bond donors (Lipinski definition) is 0. The minimum Gasteiger partial charge on any atom is -0.0888 e. The van der Waals surface area contributed by atoms with Crippen molar-refractivity contribution in [2.24, 2.45) is 0 Å². The molecule has 0 N–H and O–H groups in total. The smallest absolute Gasteiger partial charge is 0.0351 e. The lowest BCUT2D eigenvalue weighted by molar-refractivity contribution is 0.637. The first kappa shape index (κ1) is 10.7. The van der Waals surface area contributed by atoms with Crippen LogP contribution in [0.15, 0.2) is 12.2 Å². The third-order valence-electron chi connectivity index (χ3n) is 1.88. The zero-order valence-corrected chi connectivity index (χ0v) is 8.10. The van der Waals surface area contributed by atoms with Gasteiger partial charge >= 0.3 is 0 Å². The molecule has 0 spiro atoms. The Morgan fingerprint density at radius 2 is 1.55 bits per heavy atom. The van der Waals surface area contributed by atoms with E-state index in [9.17, 15) is 0 Å². The molecule has 0 aromatic rings. The van der Waals surface area contributed by atoms with E-state index in [-0.39, 0.29) is 0 Å². The highest BCUT2D eigenvalue weighted by atomic mass is 13.9. The minimum atomic E-state index is 1.19. The van der Waals surface area contributed by atoms with Crippen LogP contribution in [0.25, 0.3) is 0 Å². The van der Waals surface area contributed by atoms with Gasteiger partial charge in [0, 0.05) is 0 Å². The SMILES string of the molecule is CC/C=C\CCCCCCC. The van der Waals surface area contributed by atoms with Gasteiger partial charge in [-0.05, 0) is 19.3 Å². The second-order valence-electron chi connectivity index (χ2n) is 3.08. The summed E-state index contributed by atoms with van der Waals surface area (Å²) in [5.74, 6) is 0. The van der Waals surface area contributed by atoms with Gasteiger partial charge in [0.15, 0.2) is 0 Å². The summed E-state index contributed by atoms with van der Waals surface area (Å²) in [6.07, 6.45) is 14.1. The van der Waals surface area contributed by atoms with Crippen molar-refractivity contribution in [3.05, 3.63) is 12.2 Å². The fourth-order valence-corrected chi connectivity index (χ4v) is 1.15. The van der Waals surface area contributed by atoms with Gasteiger partial charge in [0.25, 0.3) is 0 Å². The first-order valence-electron chi connectivity index (χ1n) is 5.06. The molecule has 0 saturated heterocycles. The summed E-state index contributed by atoms with van der Waals surface area (Å²) < 4.78 is 0. The van der Waals surface area contributed by atoms with Crippen molar-refractivity contribution in [2.45, 2.75) is 58.8 Å². The van der Waals surface area contributed by atoms with Crippen LogP contribution in [-0.2, 0) is 0 Å². The molecule has 0 heterocycles. The summed E-state index contributed by atoms with van der Waals surface area (Å²) in [6, 6.07) is 0. The van der Waals surface area contributed by atoms with Crippen LogP contribution in [0, 0.1) is 0 Å². The molecule has 0 aliphatic heterocycles. The molecular formula is C11H22. The fourth-order valence-electron chi connectivity index (χ4n) is 1.15. The molecule has 0 aromatic carbocycles. The van der Waals surface area contributed by atoms with Crippen LogP contribution in [0.5, 0.6) is 0 Å². The van der Waals surface area contributed by atoms with Gasteiger partial charge in [0.2, 0.25) is 0 Å². The molecule has 0 atom stereocenters. The van der Waals surface area contributed by atoms with Crippen LogP contribution in [0.2, 0.25) is 0 Å². The third-order valence-corrected chi connectivity index (χ3v) is 1.88. The fraction of sp³-hybridized carbons (Fsp3) is 0.818. The highest BCUT2D eigenvalue weighted by Crippen LogP contribution is 2.05. The van der Waals surface area contributed by atoms with E-state index in [1.54, 1.807) is 0 Å². The van der Waals surface area contributed by atoms with Gasteiger partial charge < -0.3 is 0 Å². The highest BCUT2D eigenvalue weighted by Gasteiger charge is 1.85. The van der Waals surface area contributed by atoms with Gasteiger partial charge in [-0.1, -0.05) is 51.7 Å². The van der Waals surface area contributed by atoms with Gasteiger partial charge in [0.1, 0.15) is 0 Å². The predicted octanol–water partition coefficient (Wildman–Crippen LogP) is 4.31. The van der Waals surface area contributed by atoms with Crippen LogP contribution in [0.3, 0.4) is 0 Å². The summed E-state index contributed by atoms with van der Waals surface area (Å²) in [5.41, 5.74) is 0. The van der Waals surface area contributed by atoms with E-state index in [2.05, 4.69) is 26.0 Å². The maximum Gasteiger partial charge on any atom is -0.0351 e. The molecule has 0 aliphatic rings. The Bertz CT molecular complexity index is 82.0. The number of allylic oxidation sites excluding steroid dienone is 2. The van der Waals surface area contributed by atoms with E-state index in [1.807, 2.05) is 0 Å². The number of hydrogen-bond acceptors (Lipinski definition) is 0. The summed E-state index contributed by atoms with van der Waals surface area (Å²) in [4.78, 5) is 0. The highest BCUT2D eigenvalue weighted by molar-refractivity contribution is 4.79. The van der Waals surface area contributed by atoms with Gasteiger partial charge in [0.05, 0.1) is 0 Å². The van der Waals surface area contributed by atoms with Crippen molar-refractivity contribution in [3.8, 4) is 0 Å². The van der Waals surface area contributed by atoms with E-state index in [0.29, 0.717) is 0 Å². The molecule has 11 heavy (non-hydrogen) atoms. The molecule has 0 bridgehead atoms. The van der Waals surface area contributed by atoms with Crippen molar-refractivity contribution in [1.29, 1.82) is 0 Å². The Morgan fingerprint density at radius 1 is 0.818 bits per heavy atom. The lowest BCUT2D eigenvalue weighted by Crippen LogP contribution is -1.75. The topological polar surface area (TPSA) is 0 Å². The largest absolute Gasteiger partial charge is 0.0888 e. The average molecular weight is 154 g/mol. The van der Waals surface area contributed by atoms with E-state index in [1.165, 1.54) is 44.9 Å². The molecule has 0 radical (unpaired) electrons. The van der Waals surface area contributed by atoms with Gasteiger partial charge in [-0.15, -0.1) is 0 Å². The second kappa shape index (κ2) is 9.74. The molecule has 0 nitrogen and oxygen atoms in total.